The van der Waals surface area contributed by atoms with Crippen molar-refractivity contribution in [3.63, 3.8) is 0 Å². The molecule has 1 aliphatic heterocycles. The van der Waals surface area contributed by atoms with E-state index in [0.29, 0.717) is 19.0 Å². The molecule has 2 aliphatic rings. The molecule has 1 saturated heterocycles. The van der Waals surface area contributed by atoms with E-state index in [1.54, 1.807) is 25.7 Å². The molecule has 0 N–H and O–H groups in total. The number of piperazine rings is 1. The number of carbonyl (C=O) groups excluding carboxylic acids is 1. The van der Waals surface area contributed by atoms with Crippen LogP contribution < -0.4 is 0 Å². The van der Waals surface area contributed by atoms with Crippen LogP contribution in [0.2, 0.25) is 0 Å². The molecule has 0 aromatic carbocycles. The molecule has 1 amide bonds. The fourth-order valence-corrected chi connectivity index (χ4v) is 3.94. The standard InChI is InChI=1S/C25H40FN3O/c1-8-10-13-27-18(3)22(21(9-2)20-11-12-20)19(4)28-14-16-29(17-15-28)24(30)23(26)25(5,6)7/h9-10,13,20,23H,8,11-12,14-17H2,1-7H3/b13-10+,21-9-,22-19-,27-18+. The second kappa shape index (κ2) is 10.4. The van der Waals surface area contributed by atoms with E-state index in [1.165, 1.54) is 29.7 Å². The number of aliphatic imine (C=N–C) groups is 1. The predicted molar refractivity (Wildman–Crippen MR) is 124 cm³/mol. The van der Waals surface area contributed by atoms with Crippen LogP contribution in [0.4, 0.5) is 4.39 Å². The second-order valence-corrected chi connectivity index (χ2v) is 9.53. The first-order chi connectivity index (χ1) is 14.1. The number of allylic oxidation sites excluding steroid dienone is 5. The second-order valence-electron chi connectivity index (χ2n) is 9.53. The zero-order chi connectivity index (χ0) is 22.5. The Balaban J connectivity index is 2.21. The van der Waals surface area contributed by atoms with Crippen molar-refractivity contribution in [1.82, 2.24) is 9.80 Å². The Morgan fingerprint density at radius 2 is 1.70 bits per heavy atom. The van der Waals surface area contributed by atoms with E-state index in [-0.39, 0.29) is 5.91 Å². The summed E-state index contributed by atoms with van der Waals surface area (Å²) < 4.78 is 14.5. The van der Waals surface area contributed by atoms with E-state index in [1.807, 2.05) is 6.20 Å². The first-order valence-electron chi connectivity index (χ1n) is 11.4. The Labute approximate surface area is 182 Å². The quantitative estimate of drug-likeness (QED) is 0.403. The fraction of sp³-hybridized carbons (Fsp3) is 0.680. The summed E-state index contributed by atoms with van der Waals surface area (Å²) in [5.41, 5.74) is 4.20. The molecule has 168 valence electrons. The van der Waals surface area contributed by atoms with Crippen molar-refractivity contribution in [2.75, 3.05) is 26.2 Å². The smallest absolute Gasteiger partial charge is 0.257 e. The highest BCUT2D eigenvalue weighted by atomic mass is 19.1. The maximum atomic E-state index is 14.5. The number of alkyl halides is 1. The molecule has 5 heteroatoms. The molecule has 0 bridgehead atoms. The van der Waals surface area contributed by atoms with Gasteiger partial charge in [0.1, 0.15) is 0 Å². The summed E-state index contributed by atoms with van der Waals surface area (Å²) in [6.07, 6.45) is 8.18. The lowest BCUT2D eigenvalue weighted by Gasteiger charge is -2.39. The van der Waals surface area contributed by atoms with Gasteiger partial charge in [-0.1, -0.05) is 39.8 Å². The molecular formula is C25H40FN3O. The van der Waals surface area contributed by atoms with Gasteiger partial charge in [-0.25, -0.2) is 4.39 Å². The van der Waals surface area contributed by atoms with Crippen molar-refractivity contribution in [2.24, 2.45) is 16.3 Å². The summed E-state index contributed by atoms with van der Waals surface area (Å²) >= 11 is 0. The molecule has 0 spiro atoms. The van der Waals surface area contributed by atoms with Crippen LogP contribution in [0.1, 0.15) is 67.7 Å². The summed E-state index contributed by atoms with van der Waals surface area (Å²) in [5, 5.41) is 0. The highest BCUT2D eigenvalue weighted by Crippen LogP contribution is 2.41. The van der Waals surface area contributed by atoms with Gasteiger partial charge in [0.25, 0.3) is 5.91 Å². The van der Waals surface area contributed by atoms with Gasteiger partial charge in [-0.15, -0.1) is 0 Å². The zero-order valence-corrected chi connectivity index (χ0v) is 20.0. The van der Waals surface area contributed by atoms with Crippen LogP contribution in [0.15, 0.2) is 40.2 Å². The molecule has 1 saturated carbocycles. The highest BCUT2D eigenvalue weighted by molar-refractivity contribution is 6.03. The summed E-state index contributed by atoms with van der Waals surface area (Å²) in [7, 11) is 0. The Morgan fingerprint density at radius 1 is 1.13 bits per heavy atom. The van der Waals surface area contributed by atoms with Crippen LogP contribution in [-0.4, -0.2) is 53.8 Å². The SMILES string of the molecule is C\C=C(C(/C(C)=N/C=C/CC)=C(/C)N1CCN(C(=O)C(F)C(C)(C)C)CC1)\C1CC1. The monoisotopic (exact) mass is 417 g/mol. The number of hydrogen-bond acceptors (Lipinski definition) is 3. The molecule has 4 nitrogen and oxygen atoms in total. The van der Waals surface area contributed by atoms with Gasteiger partial charge >= 0.3 is 0 Å². The van der Waals surface area contributed by atoms with E-state index >= 15 is 0 Å². The molecule has 1 aliphatic carbocycles. The molecule has 1 unspecified atom stereocenters. The largest absolute Gasteiger partial charge is 0.371 e. The maximum Gasteiger partial charge on any atom is 0.257 e. The van der Waals surface area contributed by atoms with Gasteiger partial charge in [0.05, 0.1) is 0 Å². The summed E-state index contributed by atoms with van der Waals surface area (Å²) in [4.78, 5) is 21.3. The zero-order valence-electron chi connectivity index (χ0n) is 20.0. The average molecular weight is 418 g/mol. The number of rotatable bonds is 7. The van der Waals surface area contributed by atoms with Crippen molar-refractivity contribution >= 4 is 11.6 Å². The Morgan fingerprint density at radius 3 is 2.17 bits per heavy atom. The first kappa shape index (κ1) is 24.4. The molecule has 0 aromatic heterocycles. The minimum atomic E-state index is -1.46. The van der Waals surface area contributed by atoms with Crippen LogP contribution >= 0.6 is 0 Å². The third-order valence-corrected chi connectivity index (χ3v) is 5.99. The van der Waals surface area contributed by atoms with Crippen LogP contribution in [0, 0.1) is 11.3 Å². The van der Waals surface area contributed by atoms with Crippen molar-refractivity contribution in [2.45, 2.75) is 73.9 Å². The van der Waals surface area contributed by atoms with Gasteiger partial charge in [0.2, 0.25) is 0 Å². The van der Waals surface area contributed by atoms with Crippen LogP contribution in [0.5, 0.6) is 0 Å². The van der Waals surface area contributed by atoms with E-state index in [0.717, 1.165) is 25.2 Å². The van der Waals surface area contributed by atoms with E-state index in [2.05, 4.69) is 44.7 Å². The van der Waals surface area contributed by atoms with E-state index in [4.69, 9.17) is 4.99 Å². The molecule has 2 fully saturated rings. The van der Waals surface area contributed by atoms with Crippen molar-refractivity contribution < 1.29 is 9.18 Å². The Hall–Kier alpha value is -1.91. The molecule has 1 atom stereocenters. The van der Waals surface area contributed by atoms with E-state index in [9.17, 15) is 9.18 Å². The minimum absolute atomic E-state index is 0.376. The molecule has 30 heavy (non-hydrogen) atoms. The average Bonchev–Trinajstić information content (AvgIpc) is 3.55. The molecule has 0 radical (unpaired) electrons. The van der Waals surface area contributed by atoms with Crippen LogP contribution in [0.3, 0.4) is 0 Å². The lowest BCUT2D eigenvalue weighted by atomic mass is 9.89. The van der Waals surface area contributed by atoms with Crippen molar-refractivity contribution in [1.29, 1.82) is 0 Å². The topological polar surface area (TPSA) is 35.9 Å². The molecule has 1 heterocycles. The van der Waals surface area contributed by atoms with Crippen molar-refractivity contribution in [3.8, 4) is 0 Å². The van der Waals surface area contributed by atoms with Gasteiger partial charge in [-0.3, -0.25) is 9.79 Å². The molecule has 2 rings (SSSR count). The summed E-state index contributed by atoms with van der Waals surface area (Å²) in [5.74, 6) is 0.251. The number of nitrogens with zero attached hydrogens (tertiary/aromatic N) is 3. The number of amides is 1. The van der Waals surface area contributed by atoms with Gasteiger partial charge in [0, 0.05) is 54.8 Å². The third kappa shape index (κ3) is 6.05. The molecule has 0 aromatic rings. The lowest BCUT2D eigenvalue weighted by Crippen LogP contribution is -2.52. The van der Waals surface area contributed by atoms with E-state index < -0.39 is 11.6 Å². The first-order valence-corrected chi connectivity index (χ1v) is 11.4. The number of carbonyl (C=O) groups is 1. The van der Waals surface area contributed by atoms with Gasteiger partial charge in [-0.2, -0.15) is 0 Å². The van der Waals surface area contributed by atoms with Gasteiger partial charge in [0.15, 0.2) is 6.17 Å². The molecular weight excluding hydrogens is 377 g/mol. The predicted octanol–water partition coefficient (Wildman–Crippen LogP) is 5.53. The highest BCUT2D eigenvalue weighted by Gasteiger charge is 2.36. The van der Waals surface area contributed by atoms with Crippen molar-refractivity contribution in [3.05, 3.63) is 35.2 Å². The Kier molecular flexibility index (Phi) is 8.45. The summed E-state index contributed by atoms with van der Waals surface area (Å²) in [6.45, 7) is 16.3. The minimum Gasteiger partial charge on any atom is -0.371 e. The van der Waals surface area contributed by atoms with Gasteiger partial charge in [-0.05, 0) is 51.5 Å². The Bertz CT molecular complexity index is 730. The normalized spacial score (nSPS) is 21.2. The summed E-state index contributed by atoms with van der Waals surface area (Å²) in [6, 6.07) is 0. The number of hydrogen-bond donors (Lipinski definition) is 0. The number of halogens is 1. The van der Waals surface area contributed by atoms with Crippen LogP contribution in [-0.2, 0) is 4.79 Å². The maximum absolute atomic E-state index is 14.5. The van der Waals surface area contributed by atoms with Gasteiger partial charge < -0.3 is 9.80 Å². The lowest BCUT2D eigenvalue weighted by molar-refractivity contribution is -0.142. The fourth-order valence-electron chi connectivity index (χ4n) is 3.94. The third-order valence-electron chi connectivity index (χ3n) is 5.99. The van der Waals surface area contributed by atoms with Crippen LogP contribution in [0.25, 0.3) is 0 Å².